The lowest BCUT2D eigenvalue weighted by atomic mass is 9.85. The number of ether oxygens (including phenoxy) is 1. The van der Waals surface area contributed by atoms with Crippen molar-refractivity contribution < 1.29 is 18.3 Å². The van der Waals surface area contributed by atoms with E-state index in [0.29, 0.717) is 43.0 Å². The molecule has 6 nitrogen and oxygen atoms in total. The van der Waals surface area contributed by atoms with Gasteiger partial charge in [-0.1, -0.05) is 6.07 Å². The Balaban J connectivity index is 1.38. The van der Waals surface area contributed by atoms with Crippen LogP contribution in [0.4, 0.5) is 8.78 Å². The van der Waals surface area contributed by atoms with Crippen LogP contribution in [-0.2, 0) is 6.54 Å². The van der Waals surface area contributed by atoms with Crippen LogP contribution >= 0.6 is 0 Å². The zero-order valence-corrected chi connectivity index (χ0v) is 16.8. The Morgan fingerprint density at radius 1 is 1.16 bits per heavy atom. The molecule has 1 aromatic heterocycles. The molecule has 5 rings (SSSR count). The minimum atomic E-state index is -0.872. The van der Waals surface area contributed by atoms with Crippen LogP contribution in [0.25, 0.3) is 11.3 Å². The molecule has 1 saturated heterocycles. The fourth-order valence-electron chi connectivity index (χ4n) is 4.38. The van der Waals surface area contributed by atoms with Gasteiger partial charge in [-0.3, -0.25) is 9.48 Å². The maximum Gasteiger partial charge on any atom is 0.251 e. The van der Waals surface area contributed by atoms with Crippen molar-refractivity contribution in [2.75, 3.05) is 19.7 Å². The number of fused-ring (bicyclic) bond motifs is 3. The number of nitrogens with zero attached hydrogens (tertiary/aromatic N) is 2. The molecular weight excluding hydrogens is 402 g/mol. The summed E-state index contributed by atoms with van der Waals surface area (Å²) in [6.45, 7) is 2.41. The Labute approximate surface area is 178 Å². The predicted molar refractivity (Wildman–Crippen MR) is 111 cm³/mol. The molecule has 2 aromatic carbocycles. The highest BCUT2D eigenvalue weighted by Gasteiger charge is 2.29. The molecule has 0 radical (unpaired) electrons. The molecule has 0 aliphatic carbocycles. The van der Waals surface area contributed by atoms with E-state index < -0.39 is 11.6 Å². The van der Waals surface area contributed by atoms with Crippen LogP contribution in [0, 0.1) is 11.6 Å². The van der Waals surface area contributed by atoms with Gasteiger partial charge in [0.05, 0.1) is 12.2 Å². The van der Waals surface area contributed by atoms with Gasteiger partial charge in [0, 0.05) is 35.8 Å². The summed E-state index contributed by atoms with van der Waals surface area (Å²) >= 11 is 0. The van der Waals surface area contributed by atoms with Crippen molar-refractivity contribution in [1.29, 1.82) is 0 Å². The minimum Gasteiger partial charge on any atom is -0.491 e. The number of nitrogens with one attached hydrogen (secondary N) is 2. The predicted octanol–water partition coefficient (Wildman–Crippen LogP) is 3.10. The third-order valence-corrected chi connectivity index (χ3v) is 5.97. The lowest BCUT2D eigenvalue weighted by molar-refractivity contribution is 0.0924. The maximum atomic E-state index is 13.8. The molecule has 0 unspecified atom stereocenters. The van der Waals surface area contributed by atoms with E-state index in [9.17, 15) is 13.6 Å². The van der Waals surface area contributed by atoms with Gasteiger partial charge in [0.15, 0.2) is 11.6 Å². The number of benzene rings is 2. The zero-order valence-electron chi connectivity index (χ0n) is 16.8. The SMILES string of the molecule is O=C(N[C@@H]1CNCC[C@H]1c1ccc(F)c(F)c1)c1ccc2c(c1)OCCn1nccc1-2. The second-order valence-corrected chi connectivity index (χ2v) is 7.85. The van der Waals surface area contributed by atoms with E-state index in [1.807, 2.05) is 16.8 Å². The summed E-state index contributed by atoms with van der Waals surface area (Å²) in [5, 5.41) is 10.6. The van der Waals surface area contributed by atoms with Crippen LogP contribution in [0.1, 0.15) is 28.3 Å². The number of hydrogen-bond donors (Lipinski definition) is 2. The van der Waals surface area contributed by atoms with E-state index >= 15 is 0 Å². The molecule has 2 aliphatic heterocycles. The number of carbonyl (C=O) groups excluding carboxylic acids is 1. The summed E-state index contributed by atoms with van der Waals surface area (Å²) in [7, 11) is 0. The van der Waals surface area contributed by atoms with Crippen molar-refractivity contribution in [3.05, 3.63) is 71.4 Å². The summed E-state index contributed by atoms with van der Waals surface area (Å²) in [5.41, 5.74) is 3.02. The van der Waals surface area contributed by atoms with Crippen LogP contribution < -0.4 is 15.4 Å². The van der Waals surface area contributed by atoms with Gasteiger partial charge < -0.3 is 15.4 Å². The lowest BCUT2D eigenvalue weighted by Crippen LogP contribution is -2.50. The van der Waals surface area contributed by atoms with Crippen LogP contribution in [0.2, 0.25) is 0 Å². The van der Waals surface area contributed by atoms with Gasteiger partial charge in [0.25, 0.3) is 5.91 Å². The fourth-order valence-corrected chi connectivity index (χ4v) is 4.38. The van der Waals surface area contributed by atoms with Crippen molar-refractivity contribution in [2.45, 2.75) is 24.9 Å². The Kier molecular flexibility index (Phi) is 5.15. The molecule has 8 heteroatoms. The van der Waals surface area contributed by atoms with Crippen LogP contribution in [0.5, 0.6) is 5.75 Å². The normalized spacial score (nSPS) is 20.2. The van der Waals surface area contributed by atoms with Crippen LogP contribution in [0.3, 0.4) is 0 Å². The standard InChI is InChI=1S/C23H22F2N4O2/c24-18-4-2-14(11-19(18)25)16-5-7-26-13-20(16)28-23(30)15-1-3-17-21-6-8-27-29(21)9-10-31-22(17)12-15/h1-4,6,8,11-12,16,20,26H,5,7,9-10,13H2,(H,28,30)/t16-,20+/m0/s1. The first-order valence-electron chi connectivity index (χ1n) is 10.4. The van der Waals surface area contributed by atoms with Gasteiger partial charge in [0.2, 0.25) is 0 Å². The first-order chi connectivity index (χ1) is 15.1. The van der Waals surface area contributed by atoms with Gasteiger partial charge >= 0.3 is 0 Å². The van der Waals surface area contributed by atoms with E-state index in [1.54, 1.807) is 24.4 Å². The van der Waals surface area contributed by atoms with Crippen LogP contribution in [-0.4, -0.2) is 41.4 Å². The van der Waals surface area contributed by atoms with E-state index in [-0.39, 0.29) is 17.9 Å². The molecule has 3 heterocycles. The van der Waals surface area contributed by atoms with E-state index in [2.05, 4.69) is 15.7 Å². The van der Waals surface area contributed by atoms with Crippen molar-refractivity contribution in [1.82, 2.24) is 20.4 Å². The molecule has 1 amide bonds. The second kappa shape index (κ2) is 8.11. The topological polar surface area (TPSA) is 68.2 Å². The summed E-state index contributed by atoms with van der Waals surface area (Å²) < 4.78 is 34.9. The van der Waals surface area contributed by atoms with Gasteiger partial charge in [-0.2, -0.15) is 5.10 Å². The number of hydrogen-bond acceptors (Lipinski definition) is 4. The molecule has 0 spiro atoms. The van der Waals surface area contributed by atoms with E-state index in [1.165, 1.54) is 6.07 Å². The second-order valence-electron chi connectivity index (χ2n) is 7.85. The van der Waals surface area contributed by atoms with Crippen molar-refractivity contribution >= 4 is 5.91 Å². The Morgan fingerprint density at radius 3 is 2.94 bits per heavy atom. The fraction of sp³-hybridized carbons (Fsp3) is 0.304. The summed E-state index contributed by atoms with van der Waals surface area (Å²) in [6.07, 6.45) is 2.47. The zero-order chi connectivity index (χ0) is 21.4. The molecule has 31 heavy (non-hydrogen) atoms. The lowest BCUT2D eigenvalue weighted by Gasteiger charge is -2.33. The first-order valence-corrected chi connectivity index (χ1v) is 10.4. The van der Waals surface area contributed by atoms with Gasteiger partial charge in [-0.05, 0) is 54.9 Å². The average Bonchev–Trinajstić information content (AvgIpc) is 3.17. The monoisotopic (exact) mass is 424 g/mol. The average molecular weight is 424 g/mol. The molecule has 160 valence electrons. The highest BCUT2D eigenvalue weighted by atomic mass is 19.2. The van der Waals surface area contributed by atoms with Crippen molar-refractivity contribution in [3.63, 3.8) is 0 Å². The quantitative estimate of drug-likeness (QED) is 0.678. The summed E-state index contributed by atoms with van der Waals surface area (Å²) in [6, 6.07) is 11.0. The smallest absolute Gasteiger partial charge is 0.251 e. The molecule has 2 N–H and O–H groups in total. The van der Waals surface area contributed by atoms with E-state index in [4.69, 9.17) is 4.74 Å². The summed E-state index contributed by atoms with van der Waals surface area (Å²) in [4.78, 5) is 13.0. The van der Waals surface area contributed by atoms with Gasteiger partial charge in [0.1, 0.15) is 12.4 Å². The first kappa shape index (κ1) is 19.7. The molecular formula is C23H22F2N4O2. The largest absolute Gasteiger partial charge is 0.491 e. The molecule has 0 bridgehead atoms. The molecule has 2 aliphatic rings. The minimum absolute atomic E-state index is 0.105. The Morgan fingerprint density at radius 2 is 2.06 bits per heavy atom. The number of piperidine rings is 1. The number of amides is 1. The highest BCUT2D eigenvalue weighted by molar-refractivity contribution is 5.95. The highest BCUT2D eigenvalue weighted by Crippen LogP contribution is 2.33. The van der Waals surface area contributed by atoms with Crippen molar-refractivity contribution in [2.24, 2.45) is 0 Å². The van der Waals surface area contributed by atoms with Gasteiger partial charge in [-0.15, -0.1) is 0 Å². The Bertz CT molecular complexity index is 1130. The molecule has 3 aromatic rings. The van der Waals surface area contributed by atoms with Gasteiger partial charge in [-0.25, -0.2) is 8.78 Å². The maximum absolute atomic E-state index is 13.8. The number of aromatic nitrogens is 2. The number of carbonyl (C=O) groups is 1. The molecule has 0 saturated carbocycles. The molecule has 2 atom stereocenters. The van der Waals surface area contributed by atoms with Crippen molar-refractivity contribution in [3.8, 4) is 17.0 Å². The third kappa shape index (κ3) is 3.79. The molecule has 1 fully saturated rings. The number of halogens is 2. The summed E-state index contributed by atoms with van der Waals surface area (Å²) in [5.74, 6) is -1.43. The Hall–Kier alpha value is -3.26. The number of rotatable bonds is 3. The van der Waals surface area contributed by atoms with E-state index in [0.717, 1.165) is 23.9 Å². The third-order valence-electron chi connectivity index (χ3n) is 5.97. The van der Waals surface area contributed by atoms with Crippen LogP contribution in [0.15, 0.2) is 48.7 Å².